The number of rotatable bonds is 2. The topological polar surface area (TPSA) is 68.0 Å². The van der Waals surface area contributed by atoms with Gasteiger partial charge in [0.25, 0.3) is 5.56 Å². The summed E-state index contributed by atoms with van der Waals surface area (Å²) >= 11 is 1.39. The molecular formula is C17H17N3O2S. The summed E-state index contributed by atoms with van der Waals surface area (Å²) in [7, 11) is 1.66. The molecule has 0 radical (unpaired) electrons. The van der Waals surface area contributed by atoms with Crippen LogP contribution in [0.3, 0.4) is 0 Å². The highest BCUT2D eigenvalue weighted by atomic mass is 32.2. The van der Waals surface area contributed by atoms with Gasteiger partial charge in [-0.1, -0.05) is 30.0 Å². The first-order chi connectivity index (χ1) is 11.0. The first kappa shape index (κ1) is 15.6. The summed E-state index contributed by atoms with van der Waals surface area (Å²) in [5.41, 5.74) is 3.12. The van der Waals surface area contributed by atoms with Crippen molar-refractivity contribution < 1.29 is 5.11 Å². The van der Waals surface area contributed by atoms with Crippen molar-refractivity contribution in [3.8, 4) is 16.9 Å². The molecule has 1 aromatic carbocycles. The van der Waals surface area contributed by atoms with Crippen LogP contribution in [0.4, 0.5) is 0 Å². The fourth-order valence-corrected chi connectivity index (χ4v) is 3.15. The van der Waals surface area contributed by atoms with Crippen LogP contribution >= 0.6 is 11.8 Å². The second kappa shape index (κ2) is 5.70. The molecule has 6 heteroatoms. The molecule has 0 spiro atoms. The van der Waals surface area contributed by atoms with E-state index in [1.54, 1.807) is 13.2 Å². The molecule has 0 aliphatic heterocycles. The fourth-order valence-electron chi connectivity index (χ4n) is 2.81. The van der Waals surface area contributed by atoms with Crippen LogP contribution in [0.5, 0.6) is 5.75 Å². The summed E-state index contributed by atoms with van der Waals surface area (Å²) in [5.74, 6) is -0.0619. The lowest BCUT2D eigenvalue weighted by Crippen LogP contribution is -2.21. The largest absolute Gasteiger partial charge is 0.506 e. The first-order valence-corrected chi connectivity index (χ1v) is 8.37. The number of aromatic hydroxyl groups is 1. The van der Waals surface area contributed by atoms with Crippen LogP contribution in [0.2, 0.25) is 0 Å². The van der Waals surface area contributed by atoms with Crippen LogP contribution in [0.15, 0.2) is 34.3 Å². The highest BCUT2D eigenvalue weighted by Gasteiger charge is 2.20. The molecule has 23 heavy (non-hydrogen) atoms. The normalized spacial score (nSPS) is 11.1. The second-order valence-corrected chi connectivity index (χ2v) is 6.22. The quantitative estimate of drug-likeness (QED) is 0.579. The van der Waals surface area contributed by atoms with Gasteiger partial charge < -0.3 is 5.11 Å². The third-order valence-corrected chi connectivity index (χ3v) is 4.55. The maximum atomic E-state index is 12.8. The van der Waals surface area contributed by atoms with Gasteiger partial charge in [0.1, 0.15) is 5.75 Å². The molecular weight excluding hydrogens is 310 g/mol. The summed E-state index contributed by atoms with van der Waals surface area (Å²) in [6.07, 6.45) is 3.43. The number of nitrogens with zero attached hydrogens (tertiary/aromatic N) is 3. The Morgan fingerprint density at radius 3 is 2.43 bits per heavy atom. The van der Waals surface area contributed by atoms with Gasteiger partial charge in [-0.05, 0) is 36.8 Å². The molecule has 0 amide bonds. The summed E-state index contributed by atoms with van der Waals surface area (Å²) in [4.78, 5) is 21.4. The molecule has 0 bridgehead atoms. The average molecular weight is 327 g/mol. The van der Waals surface area contributed by atoms with E-state index in [0.717, 1.165) is 16.7 Å². The zero-order valence-corrected chi connectivity index (χ0v) is 14.2. The molecule has 0 fully saturated rings. The standard InChI is InChI=1S/C17H17N3O2S/c1-9-6-5-7-10(2)12(9)13-14(21)11-8-18-17(23-4)19-15(11)20(3)16(13)22/h5-8,21H,1-4H3. The van der Waals surface area contributed by atoms with E-state index in [-0.39, 0.29) is 11.3 Å². The van der Waals surface area contributed by atoms with Gasteiger partial charge in [0.05, 0.1) is 10.9 Å². The van der Waals surface area contributed by atoms with E-state index in [2.05, 4.69) is 9.97 Å². The van der Waals surface area contributed by atoms with Gasteiger partial charge in [-0.15, -0.1) is 0 Å². The molecule has 5 nitrogen and oxygen atoms in total. The van der Waals surface area contributed by atoms with Gasteiger partial charge >= 0.3 is 0 Å². The minimum absolute atomic E-state index is 0.0619. The van der Waals surface area contributed by atoms with Crippen LogP contribution in [-0.4, -0.2) is 25.9 Å². The predicted octanol–water partition coefficient (Wildman–Crippen LogP) is 3.04. The Labute approximate surface area is 138 Å². The Morgan fingerprint density at radius 2 is 1.83 bits per heavy atom. The number of benzene rings is 1. The Kier molecular flexibility index (Phi) is 3.85. The monoisotopic (exact) mass is 327 g/mol. The number of pyridine rings is 1. The van der Waals surface area contributed by atoms with Crippen molar-refractivity contribution in [1.82, 2.24) is 14.5 Å². The zero-order valence-electron chi connectivity index (χ0n) is 13.4. The smallest absolute Gasteiger partial charge is 0.263 e. The lowest BCUT2D eigenvalue weighted by molar-refractivity contribution is 0.481. The van der Waals surface area contributed by atoms with Crippen molar-refractivity contribution in [1.29, 1.82) is 0 Å². The van der Waals surface area contributed by atoms with E-state index in [1.165, 1.54) is 16.3 Å². The predicted molar refractivity (Wildman–Crippen MR) is 93.1 cm³/mol. The Hall–Kier alpha value is -2.34. The van der Waals surface area contributed by atoms with Crippen molar-refractivity contribution in [2.45, 2.75) is 19.0 Å². The fraction of sp³-hybridized carbons (Fsp3) is 0.235. The number of hydrogen-bond donors (Lipinski definition) is 1. The van der Waals surface area contributed by atoms with E-state index in [1.807, 2.05) is 38.3 Å². The van der Waals surface area contributed by atoms with Crippen molar-refractivity contribution >= 4 is 22.8 Å². The van der Waals surface area contributed by atoms with Crippen LogP contribution in [0, 0.1) is 13.8 Å². The van der Waals surface area contributed by atoms with E-state index < -0.39 is 0 Å². The molecule has 0 saturated carbocycles. The van der Waals surface area contributed by atoms with Gasteiger partial charge in [-0.2, -0.15) is 0 Å². The third kappa shape index (κ3) is 2.39. The van der Waals surface area contributed by atoms with Crippen molar-refractivity contribution in [2.24, 2.45) is 7.05 Å². The zero-order chi connectivity index (χ0) is 16.7. The molecule has 1 N–H and O–H groups in total. The number of fused-ring (bicyclic) bond motifs is 1. The van der Waals surface area contributed by atoms with Crippen LogP contribution in [0.1, 0.15) is 11.1 Å². The number of hydrogen-bond acceptors (Lipinski definition) is 5. The molecule has 2 aromatic heterocycles. The summed E-state index contributed by atoms with van der Waals surface area (Å²) in [6, 6.07) is 5.79. The Balaban J connectivity index is 2.47. The number of aryl methyl sites for hydroxylation is 3. The van der Waals surface area contributed by atoms with Crippen LogP contribution in [-0.2, 0) is 7.05 Å². The third-order valence-electron chi connectivity index (χ3n) is 3.99. The van der Waals surface area contributed by atoms with E-state index in [4.69, 9.17) is 0 Å². The van der Waals surface area contributed by atoms with Crippen molar-refractivity contribution in [3.63, 3.8) is 0 Å². The number of thioether (sulfide) groups is 1. The van der Waals surface area contributed by atoms with Gasteiger partial charge in [-0.25, -0.2) is 9.97 Å². The molecule has 3 aromatic rings. The minimum atomic E-state index is -0.266. The highest BCUT2D eigenvalue weighted by molar-refractivity contribution is 7.98. The maximum Gasteiger partial charge on any atom is 0.263 e. The molecule has 0 atom stereocenters. The SMILES string of the molecule is CSc1ncc2c(O)c(-c3c(C)cccc3C)c(=O)n(C)c2n1. The van der Waals surface area contributed by atoms with Gasteiger partial charge in [0.15, 0.2) is 10.8 Å². The van der Waals surface area contributed by atoms with Crippen molar-refractivity contribution in [3.05, 3.63) is 45.9 Å². The minimum Gasteiger partial charge on any atom is -0.506 e. The summed E-state index contributed by atoms with van der Waals surface area (Å²) < 4.78 is 1.47. The molecule has 3 rings (SSSR count). The van der Waals surface area contributed by atoms with E-state index in [9.17, 15) is 9.90 Å². The lowest BCUT2D eigenvalue weighted by atomic mass is 9.95. The molecule has 2 heterocycles. The molecule has 0 saturated heterocycles. The van der Waals surface area contributed by atoms with E-state index >= 15 is 0 Å². The van der Waals surface area contributed by atoms with E-state index in [0.29, 0.717) is 21.8 Å². The van der Waals surface area contributed by atoms with Gasteiger partial charge in [0.2, 0.25) is 0 Å². The van der Waals surface area contributed by atoms with Crippen LogP contribution < -0.4 is 5.56 Å². The Morgan fingerprint density at radius 1 is 1.17 bits per heavy atom. The summed E-state index contributed by atoms with van der Waals surface area (Å²) in [5, 5.41) is 11.8. The summed E-state index contributed by atoms with van der Waals surface area (Å²) in [6.45, 7) is 3.86. The van der Waals surface area contributed by atoms with Crippen molar-refractivity contribution in [2.75, 3.05) is 6.26 Å². The van der Waals surface area contributed by atoms with Gasteiger partial charge in [-0.3, -0.25) is 9.36 Å². The molecule has 0 unspecified atom stereocenters. The maximum absolute atomic E-state index is 12.8. The van der Waals surface area contributed by atoms with Gasteiger partial charge in [0, 0.05) is 13.2 Å². The molecule has 0 aliphatic carbocycles. The highest BCUT2D eigenvalue weighted by Crippen LogP contribution is 2.35. The average Bonchev–Trinajstić information content (AvgIpc) is 2.55. The second-order valence-electron chi connectivity index (χ2n) is 5.45. The Bertz CT molecular complexity index is 959. The molecule has 0 aliphatic rings. The first-order valence-electron chi connectivity index (χ1n) is 7.15. The number of aromatic nitrogens is 3. The lowest BCUT2D eigenvalue weighted by Gasteiger charge is -2.14. The molecule has 118 valence electrons. The van der Waals surface area contributed by atoms with Crippen LogP contribution in [0.25, 0.3) is 22.2 Å².